The monoisotopic (exact) mass is 517 g/mol. The number of carbonyl (C=O) groups is 1. The van der Waals surface area contributed by atoms with Crippen molar-refractivity contribution in [1.82, 2.24) is 10.6 Å². The Morgan fingerprint density at radius 3 is 2.24 bits per heavy atom. The van der Waals surface area contributed by atoms with Crippen LogP contribution in [0.1, 0.15) is 49.4 Å². The maximum absolute atomic E-state index is 13.3. The first-order valence-corrected chi connectivity index (χ1v) is 11.4. The average Bonchev–Trinajstić information content (AvgIpc) is 2.73. The summed E-state index contributed by atoms with van der Waals surface area (Å²) in [5, 5.41) is 15.7. The van der Waals surface area contributed by atoms with Crippen LogP contribution in [0.25, 0.3) is 0 Å². The molecule has 0 aromatic heterocycles. The largest absolute Gasteiger partial charge is 0.349 e. The molecule has 0 bridgehead atoms. The molecule has 2 atom stereocenters. The number of nitriles is 1. The minimum atomic E-state index is -0.235. The zero-order valence-electron chi connectivity index (χ0n) is 16.6. The third kappa shape index (κ3) is 4.91. The molecule has 152 valence electrons. The summed E-state index contributed by atoms with van der Waals surface area (Å²) in [6.07, 6.45) is 1.79. The van der Waals surface area contributed by atoms with E-state index in [4.69, 9.17) is 5.26 Å². The average molecular weight is 519 g/mol. The molecular weight excluding hydrogens is 494 g/mol. The van der Waals surface area contributed by atoms with Crippen LogP contribution in [-0.2, 0) is 10.2 Å². The van der Waals surface area contributed by atoms with Gasteiger partial charge in [0.05, 0.1) is 17.7 Å². The van der Waals surface area contributed by atoms with E-state index in [-0.39, 0.29) is 23.3 Å². The van der Waals surface area contributed by atoms with E-state index in [9.17, 15) is 4.79 Å². The lowest BCUT2D eigenvalue weighted by atomic mass is 9.65. The van der Waals surface area contributed by atoms with Crippen molar-refractivity contribution >= 4 is 37.8 Å². The zero-order valence-corrected chi connectivity index (χ0v) is 19.8. The molecule has 1 aliphatic rings. The van der Waals surface area contributed by atoms with Gasteiger partial charge in [-0.2, -0.15) is 5.26 Å². The molecule has 2 aromatic carbocycles. The van der Waals surface area contributed by atoms with Crippen molar-refractivity contribution in [3.05, 3.63) is 68.1 Å². The summed E-state index contributed by atoms with van der Waals surface area (Å²) < 4.78 is 1.95. The van der Waals surface area contributed by atoms with E-state index in [0.717, 1.165) is 46.0 Å². The van der Waals surface area contributed by atoms with Gasteiger partial charge in [-0.25, -0.2) is 0 Å². The van der Waals surface area contributed by atoms with Crippen LogP contribution in [0.4, 0.5) is 0 Å². The van der Waals surface area contributed by atoms with Crippen LogP contribution in [-0.4, -0.2) is 19.0 Å². The van der Waals surface area contributed by atoms with Gasteiger partial charge in [0.1, 0.15) is 0 Å². The molecule has 1 saturated heterocycles. The summed E-state index contributed by atoms with van der Waals surface area (Å²) in [6.45, 7) is 5.80. The molecule has 6 heteroatoms. The van der Waals surface area contributed by atoms with E-state index in [1.807, 2.05) is 56.3 Å². The summed E-state index contributed by atoms with van der Waals surface area (Å²) in [4.78, 5) is 13.3. The molecule has 2 aromatic rings. The minimum Gasteiger partial charge on any atom is -0.349 e. The molecule has 4 nitrogen and oxygen atoms in total. The standard InChI is InChI=1S/C23H25Br2N3O/c1-15(22(29)28-16(2)18-11-20(24)13-21(25)12-18)23(7-9-27-10-8-23)19-5-3-17(14-26)4-6-19/h3-6,11-13,15-16,27H,7-10H2,1-2H3,(H,28,29). The number of hydrogen-bond acceptors (Lipinski definition) is 3. The number of halogens is 2. The van der Waals surface area contributed by atoms with Crippen molar-refractivity contribution in [3.8, 4) is 6.07 Å². The summed E-state index contributed by atoms with van der Waals surface area (Å²) in [5.74, 6) is -0.129. The molecular formula is C23H25Br2N3O. The topological polar surface area (TPSA) is 64.9 Å². The van der Waals surface area contributed by atoms with Crippen molar-refractivity contribution < 1.29 is 4.79 Å². The molecule has 2 unspecified atom stereocenters. The highest BCUT2D eigenvalue weighted by atomic mass is 79.9. The van der Waals surface area contributed by atoms with Gasteiger partial charge in [-0.3, -0.25) is 4.79 Å². The van der Waals surface area contributed by atoms with Crippen LogP contribution in [0.15, 0.2) is 51.4 Å². The fraction of sp³-hybridized carbons (Fsp3) is 0.391. The number of piperidine rings is 1. The van der Waals surface area contributed by atoms with Crippen LogP contribution in [0.5, 0.6) is 0 Å². The quantitative estimate of drug-likeness (QED) is 0.570. The lowest BCUT2D eigenvalue weighted by Gasteiger charge is -2.42. The Morgan fingerprint density at radius 2 is 1.69 bits per heavy atom. The summed E-state index contributed by atoms with van der Waals surface area (Å²) in [6, 6.07) is 15.9. The molecule has 0 radical (unpaired) electrons. The number of carbonyl (C=O) groups excluding carboxylic acids is 1. The molecule has 1 heterocycles. The number of nitrogens with one attached hydrogen (secondary N) is 2. The predicted molar refractivity (Wildman–Crippen MR) is 123 cm³/mol. The van der Waals surface area contributed by atoms with Gasteiger partial charge < -0.3 is 10.6 Å². The second kappa shape index (κ2) is 9.42. The molecule has 1 fully saturated rings. The molecule has 2 N–H and O–H groups in total. The number of hydrogen-bond donors (Lipinski definition) is 2. The Kier molecular flexibility index (Phi) is 7.15. The number of nitrogens with zero attached hydrogens (tertiary/aromatic N) is 1. The van der Waals surface area contributed by atoms with Gasteiger partial charge in [0.25, 0.3) is 0 Å². The Labute approximate surface area is 189 Å². The smallest absolute Gasteiger partial charge is 0.224 e. The van der Waals surface area contributed by atoms with Gasteiger partial charge in [0.15, 0.2) is 0 Å². The normalized spacial score (nSPS) is 17.8. The van der Waals surface area contributed by atoms with E-state index < -0.39 is 0 Å². The summed E-state index contributed by atoms with van der Waals surface area (Å²) >= 11 is 7.03. The van der Waals surface area contributed by atoms with Crippen LogP contribution in [0.3, 0.4) is 0 Å². The maximum Gasteiger partial charge on any atom is 0.224 e. The molecule has 29 heavy (non-hydrogen) atoms. The van der Waals surface area contributed by atoms with Crippen LogP contribution in [0, 0.1) is 17.2 Å². The molecule has 1 amide bonds. The Bertz CT molecular complexity index is 894. The number of benzene rings is 2. The van der Waals surface area contributed by atoms with Crippen LogP contribution < -0.4 is 10.6 Å². The summed E-state index contributed by atoms with van der Waals surface area (Å²) in [5.41, 5.74) is 2.59. The maximum atomic E-state index is 13.3. The van der Waals surface area contributed by atoms with Gasteiger partial charge >= 0.3 is 0 Å². The first kappa shape index (κ1) is 22.0. The van der Waals surface area contributed by atoms with E-state index in [1.54, 1.807) is 0 Å². The Morgan fingerprint density at radius 1 is 1.10 bits per heavy atom. The summed E-state index contributed by atoms with van der Waals surface area (Å²) in [7, 11) is 0. The van der Waals surface area contributed by atoms with Gasteiger partial charge in [-0.05, 0) is 74.3 Å². The van der Waals surface area contributed by atoms with Crippen LogP contribution >= 0.6 is 31.9 Å². The first-order chi connectivity index (χ1) is 13.9. The predicted octanol–water partition coefficient (Wildman–Crippen LogP) is 5.22. The third-order valence-corrected chi connectivity index (χ3v) is 6.97. The van der Waals surface area contributed by atoms with Crippen molar-refractivity contribution in [2.24, 2.45) is 5.92 Å². The van der Waals surface area contributed by atoms with E-state index >= 15 is 0 Å². The highest BCUT2D eigenvalue weighted by Gasteiger charge is 2.42. The SMILES string of the molecule is CC(NC(=O)C(C)C1(c2ccc(C#N)cc2)CCNCC1)c1cc(Br)cc(Br)c1. The lowest BCUT2D eigenvalue weighted by Crippen LogP contribution is -2.49. The van der Waals surface area contributed by atoms with Gasteiger partial charge in [-0.15, -0.1) is 0 Å². The van der Waals surface area contributed by atoms with E-state index in [1.165, 1.54) is 0 Å². The van der Waals surface area contributed by atoms with Crippen LogP contribution in [0.2, 0.25) is 0 Å². The van der Waals surface area contributed by atoms with E-state index in [2.05, 4.69) is 48.6 Å². The van der Waals surface area contributed by atoms with E-state index in [0.29, 0.717) is 5.56 Å². The highest BCUT2D eigenvalue weighted by Crippen LogP contribution is 2.41. The number of amides is 1. The van der Waals surface area contributed by atoms with Gasteiger partial charge in [-0.1, -0.05) is 50.9 Å². The Hall–Kier alpha value is -1.68. The molecule has 0 spiro atoms. The highest BCUT2D eigenvalue weighted by molar-refractivity contribution is 9.11. The van der Waals surface area contributed by atoms with Crippen molar-refractivity contribution in [2.75, 3.05) is 13.1 Å². The molecule has 0 aliphatic carbocycles. The second-order valence-corrected chi connectivity index (χ2v) is 9.58. The van der Waals surface area contributed by atoms with Crippen molar-refractivity contribution in [1.29, 1.82) is 5.26 Å². The lowest BCUT2D eigenvalue weighted by molar-refractivity contribution is -0.127. The molecule has 3 rings (SSSR count). The second-order valence-electron chi connectivity index (χ2n) is 7.75. The number of rotatable bonds is 5. The minimum absolute atomic E-state index is 0.0554. The first-order valence-electron chi connectivity index (χ1n) is 9.83. The fourth-order valence-corrected chi connectivity index (χ4v) is 5.55. The van der Waals surface area contributed by atoms with Crippen molar-refractivity contribution in [2.45, 2.75) is 38.1 Å². The van der Waals surface area contributed by atoms with Gasteiger partial charge in [0.2, 0.25) is 5.91 Å². The fourth-order valence-electron chi connectivity index (χ4n) is 4.22. The van der Waals surface area contributed by atoms with Crippen molar-refractivity contribution in [3.63, 3.8) is 0 Å². The third-order valence-electron chi connectivity index (χ3n) is 6.05. The zero-order chi connectivity index (χ0) is 21.0. The molecule has 0 saturated carbocycles. The van der Waals surface area contributed by atoms with Gasteiger partial charge in [0, 0.05) is 20.3 Å². The Balaban J connectivity index is 1.84. The molecule has 1 aliphatic heterocycles.